The molecule has 0 aliphatic carbocycles. The lowest BCUT2D eigenvalue weighted by Gasteiger charge is -2.15. The standard InChI is InChI=1S/C27H27N3O4S/c1-17(2)29-35(33,34)22-13-10-20(11-14-22)28-16-25-23-7-5-6-8-24(23)26(31)30(27(25)32)21-12-9-18(3)19(4)15-21/h5-17,29,32H,1-4H3. The maximum atomic E-state index is 13.3. The van der Waals surface area contributed by atoms with Gasteiger partial charge in [0.15, 0.2) is 0 Å². The van der Waals surface area contributed by atoms with Gasteiger partial charge in [0.25, 0.3) is 5.56 Å². The van der Waals surface area contributed by atoms with Gasteiger partial charge < -0.3 is 5.11 Å². The number of pyridine rings is 1. The van der Waals surface area contributed by atoms with Gasteiger partial charge in [-0.15, -0.1) is 0 Å². The van der Waals surface area contributed by atoms with Crippen LogP contribution in [0.5, 0.6) is 5.88 Å². The Morgan fingerprint density at radius 1 is 0.943 bits per heavy atom. The molecule has 2 N–H and O–H groups in total. The summed E-state index contributed by atoms with van der Waals surface area (Å²) in [6, 6.07) is 18.5. The zero-order valence-corrected chi connectivity index (χ0v) is 20.8. The molecule has 1 heterocycles. The van der Waals surface area contributed by atoms with E-state index in [9.17, 15) is 18.3 Å². The predicted octanol–water partition coefficient (Wildman–Crippen LogP) is 4.75. The van der Waals surface area contributed by atoms with Crippen molar-refractivity contribution in [1.29, 1.82) is 0 Å². The molecule has 0 bridgehead atoms. The van der Waals surface area contributed by atoms with Crippen molar-refractivity contribution in [2.24, 2.45) is 4.99 Å². The Bertz CT molecular complexity index is 1600. The first-order chi connectivity index (χ1) is 16.6. The van der Waals surface area contributed by atoms with Crippen LogP contribution in [-0.4, -0.2) is 30.3 Å². The van der Waals surface area contributed by atoms with Crippen LogP contribution in [0.4, 0.5) is 5.69 Å². The van der Waals surface area contributed by atoms with E-state index in [2.05, 4.69) is 9.71 Å². The Morgan fingerprint density at radius 3 is 2.23 bits per heavy atom. The number of aryl methyl sites for hydroxylation is 2. The zero-order valence-electron chi connectivity index (χ0n) is 20.0. The summed E-state index contributed by atoms with van der Waals surface area (Å²) in [6.45, 7) is 7.44. The molecule has 3 aromatic carbocycles. The quantitative estimate of drug-likeness (QED) is 0.382. The van der Waals surface area contributed by atoms with Crippen molar-refractivity contribution in [3.63, 3.8) is 0 Å². The summed E-state index contributed by atoms with van der Waals surface area (Å²) >= 11 is 0. The highest BCUT2D eigenvalue weighted by atomic mass is 32.2. The normalized spacial score (nSPS) is 12.1. The molecular weight excluding hydrogens is 462 g/mol. The van der Waals surface area contributed by atoms with Gasteiger partial charge in [0.05, 0.1) is 21.8 Å². The van der Waals surface area contributed by atoms with Gasteiger partial charge in [0, 0.05) is 23.0 Å². The molecule has 4 rings (SSSR count). The number of benzene rings is 3. The first-order valence-corrected chi connectivity index (χ1v) is 12.7. The summed E-state index contributed by atoms with van der Waals surface area (Å²) in [4.78, 5) is 17.9. The van der Waals surface area contributed by atoms with E-state index >= 15 is 0 Å². The number of hydrogen-bond acceptors (Lipinski definition) is 5. The highest BCUT2D eigenvalue weighted by Gasteiger charge is 2.17. The number of aromatic hydroxyl groups is 1. The van der Waals surface area contributed by atoms with Crippen molar-refractivity contribution in [3.8, 4) is 11.6 Å². The van der Waals surface area contributed by atoms with Crippen LogP contribution in [-0.2, 0) is 10.0 Å². The smallest absolute Gasteiger partial charge is 0.265 e. The second-order valence-corrected chi connectivity index (χ2v) is 10.4. The Morgan fingerprint density at radius 2 is 1.60 bits per heavy atom. The van der Waals surface area contributed by atoms with Crippen molar-refractivity contribution < 1.29 is 13.5 Å². The zero-order chi connectivity index (χ0) is 25.3. The van der Waals surface area contributed by atoms with Gasteiger partial charge in [-0.1, -0.05) is 24.3 Å². The summed E-state index contributed by atoms with van der Waals surface area (Å²) in [5.74, 6) is -0.221. The molecule has 7 nitrogen and oxygen atoms in total. The first kappa shape index (κ1) is 24.4. The van der Waals surface area contributed by atoms with Crippen molar-refractivity contribution in [2.45, 2.75) is 38.6 Å². The van der Waals surface area contributed by atoms with E-state index in [0.717, 1.165) is 11.1 Å². The summed E-state index contributed by atoms with van der Waals surface area (Å²) in [5, 5.41) is 12.2. The Kier molecular flexibility index (Phi) is 6.60. The average Bonchev–Trinajstić information content (AvgIpc) is 2.81. The summed E-state index contributed by atoms with van der Waals surface area (Å²) in [7, 11) is -3.61. The van der Waals surface area contributed by atoms with Crippen LogP contribution in [0.2, 0.25) is 0 Å². The van der Waals surface area contributed by atoms with Crippen LogP contribution in [0.1, 0.15) is 30.5 Å². The third-order valence-corrected chi connectivity index (χ3v) is 7.41. The molecular formula is C27H27N3O4S. The molecule has 0 atom stereocenters. The fourth-order valence-corrected chi connectivity index (χ4v) is 5.07. The van der Waals surface area contributed by atoms with E-state index in [0.29, 0.717) is 27.7 Å². The summed E-state index contributed by atoms with van der Waals surface area (Å²) < 4.78 is 28.5. The van der Waals surface area contributed by atoms with Gasteiger partial charge in [-0.3, -0.25) is 9.79 Å². The van der Waals surface area contributed by atoms with Gasteiger partial charge >= 0.3 is 0 Å². The number of rotatable bonds is 6. The monoisotopic (exact) mass is 489 g/mol. The molecule has 0 aliphatic rings. The minimum absolute atomic E-state index is 0.140. The van der Waals surface area contributed by atoms with Crippen LogP contribution in [0.3, 0.4) is 0 Å². The topological polar surface area (TPSA) is 101 Å². The van der Waals surface area contributed by atoms with E-state index in [-0.39, 0.29) is 22.4 Å². The Hall–Kier alpha value is -3.75. The molecule has 0 fully saturated rings. The van der Waals surface area contributed by atoms with E-state index < -0.39 is 10.0 Å². The van der Waals surface area contributed by atoms with Crippen LogP contribution < -0.4 is 10.3 Å². The van der Waals surface area contributed by atoms with Crippen LogP contribution >= 0.6 is 0 Å². The van der Waals surface area contributed by atoms with Gasteiger partial charge in [-0.2, -0.15) is 0 Å². The molecule has 4 aromatic rings. The van der Waals surface area contributed by atoms with E-state index in [1.54, 1.807) is 56.3 Å². The van der Waals surface area contributed by atoms with Gasteiger partial charge in [-0.25, -0.2) is 17.7 Å². The fourth-order valence-electron chi connectivity index (χ4n) is 3.82. The molecule has 1 aromatic heterocycles. The molecule has 35 heavy (non-hydrogen) atoms. The number of fused-ring (bicyclic) bond motifs is 1. The lowest BCUT2D eigenvalue weighted by atomic mass is 10.1. The van der Waals surface area contributed by atoms with Crippen molar-refractivity contribution in [3.05, 3.63) is 93.8 Å². The van der Waals surface area contributed by atoms with Crippen LogP contribution in [0, 0.1) is 13.8 Å². The summed E-state index contributed by atoms with van der Waals surface area (Å²) in [5.41, 5.74) is 3.20. The number of aromatic nitrogens is 1. The third-order valence-electron chi connectivity index (χ3n) is 5.73. The van der Waals surface area contributed by atoms with Crippen LogP contribution in [0.25, 0.3) is 16.5 Å². The van der Waals surface area contributed by atoms with E-state index in [1.165, 1.54) is 22.9 Å². The number of nitrogens with zero attached hydrogens (tertiary/aromatic N) is 2. The predicted molar refractivity (Wildman–Crippen MR) is 140 cm³/mol. The second-order valence-electron chi connectivity index (χ2n) is 8.72. The average molecular weight is 490 g/mol. The summed E-state index contributed by atoms with van der Waals surface area (Å²) in [6.07, 6.45) is 1.49. The molecule has 0 amide bonds. The fraction of sp³-hybridized carbons (Fsp3) is 0.185. The number of nitrogens with one attached hydrogen (secondary N) is 1. The van der Waals surface area contributed by atoms with Gasteiger partial charge in [0.1, 0.15) is 0 Å². The van der Waals surface area contributed by atoms with Crippen molar-refractivity contribution in [2.75, 3.05) is 0 Å². The molecule has 0 aliphatic heterocycles. The lowest BCUT2D eigenvalue weighted by Crippen LogP contribution is -2.30. The molecule has 0 unspecified atom stereocenters. The molecule has 0 spiro atoms. The molecule has 0 radical (unpaired) electrons. The SMILES string of the molecule is Cc1ccc(-n2c(O)c(C=Nc3ccc(S(=O)(=O)NC(C)C)cc3)c3ccccc3c2=O)cc1C. The van der Waals surface area contributed by atoms with Crippen LogP contribution in [0.15, 0.2) is 81.4 Å². The van der Waals surface area contributed by atoms with Gasteiger partial charge in [0.2, 0.25) is 15.9 Å². The van der Waals surface area contributed by atoms with E-state index in [4.69, 9.17) is 0 Å². The van der Waals surface area contributed by atoms with Crippen molar-refractivity contribution in [1.82, 2.24) is 9.29 Å². The molecule has 0 saturated carbocycles. The largest absolute Gasteiger partial charge is 0.494 e. The van der Waals surface area contributed by atoms with E-state index in [1.807, 2.05) is 26.0 Å². The number of sulfonamides is 1. The Balaban J connectivity index is 1.81. The van der Waals surface area contributed by atoms with Crippen molar-refractivity contribution >= 4 is 32.7 Å². The number of hydrogen-bond donors (Lipinski definition) is 2. The first-order valence-electron chi connectivity index (χ1n) is 11.2. The third kappa shape index (κ3) is 4.89. The minimum Gasteiger partial charge on any atom is -0.494 e. The maximum Gasteiger partial charge on any atom is 0.265 e. The molecule has 0 saturated heterocycles. The molecule has 8 heteroatoms. The Labute approximate surface area is 204 Å². The highest BCUT2D eigenvalue weighted by Crippen LogP contribution is 2.27. The minimum atomic E-state index is -3.61. The number of aliphatic imine (C=N–C) groups is 1. The maximum absolute atomic E-state index is 13.3. The highest BCUT2D eigenvalue weighted by molar-refractivity contribution is 7.89. The molecule has 180 valence electrons. The lowest BCUT2D eigenvalue weighted by molar-refractivity contribution is 0.436. The van der Waals surface area contributed by atoms with Gasteiger partial charge in [-0.05, 0) is 81.3 Å². The second kappa shape index (κ2) is 9.48.